The summed E-state index contributed by atoms with van der Waals surface area (Å²) in [5.41, 5.74) is 0. The molecule has 1 heterocycles. The van der Waals surface area contributed by atoms with Crippen LogP contribution < -0.4 is 10.6 Å². The lowest BCUT2D eigenvalue weighted by atomic mass is 9.99. The molecule has 1 amide bonds. The van der Waals surface area contributed by atoms with Gasteiger partial charge in [0, 0.05) is 13.7 Å². The third-order valence-electron chi connectivity index (χ3n) is 2.69. The van der Waals surface area contributed by atoms with E-state index in [0.29, 0.717) is 6.54 Å². The van der Waals surface area contributed by atoms with Gasteiger partial charge in [0.05, 0.1) is 12.5 Å². The molecular weight excluding hydrogens is 212 g/mol. The van der Waals surface area contributed by atoms with E-state index in [0.717, 1.165) is 19.4 Å². The van der Waals surface area contributed by atoms with Crippen LogP contribution in [0.2, 0.25) is 0 Å². The van der Waals surface area contributed by atoms with E-state index >= 15 is 0 Å². The van der Waals surface area contributed by atoms with Crippen LogP contribution in [0.3, 0.4) is 0 Å². The molecular formula is C10H18N2O4. The highest BCUT2D eigenvalue weighted by atomic mass is 16.5. The second-order valence-electron chi connectivity index (χ2n) is 3.85. The Kier molecular flexibility index (Phi) is 5.21. The van der Waals surface area contributed by atoms with Crippen molar-refractivity contribution in [2.24, 2.45) is 5.92 Å². The molecule has 6 nitrogen and oxygen atoms in total. The molecule has 0 spiro atoms. The molecule has 0 bridgehead atoms. The smallest absolute Gasteiger partial charge is 0.334 e. The Hall–Kier alpha value is -1.14. The number of nitrogens with one attached hydrogen (secondary N) is 2. The van der Waals surface area contributed by atoms with Crippen molar-refractivity contribution in [3.8, 4) is 0 Å². The standard InChI is InChI=1S/C10H18N2O4/c1-16-8(10(14)15)6-12-9(13)7-3-2-4-11-5-7/h7-8,11H,2-6H2,1H3,(H,12,13)(H,14,15)/t7-,8?/m1/s1. The zero-order chi connectivity index (χ0) is 12.0. The fraction of sp³-hybridized carbons (Fsp3) is 0.800. The monoisotopic (exact) mass is 230 g/mol. The van der Waals surface area contributed by atoms with Crippen molar-refractivity contribution in [1.82, 2.24) is 10.6 Å². The maximum absolute atomic E-state index is 11.6. The number of rotatable bonds is 5. The highest BCUT2D eigenvalue weighted by Gasteiger charge is 2.23. The first-order valence-electron chi connectivity index (χ1n) is 5.39. The van der Waals surface area contributed by atoms with E-state index in [-0.39, 0.29) is 18.4 Å². The number of carbonyl (C=O) groups is 2. The van der Waals surface area contributed by atoms with Crippen molar-refractivity contribution < 1.29 is 19.4 Å². The second kappa shape index (κ2) is 6.44. The SMILES string of the molecule is COC(CNC(=O)[C@@H]1CCCNC1)C(=O)O. The van der Waals surface area contributed by atoms with Crippen LogP contribution in [0, 0.1) is 5.92 Å². The molecule has 0 aliphatic carbocycles. The fourth-order valence-electron chi connectivity index (χ4n) is 1.68. The fourth-order valence-corrected chi connectivity index (χ4v) is 1.68. The largest absolute Gasteiger partial charge is 0.479 e. The molecule has 1 saturated heterocycles. The van der Waals surface area contributed by atoms with Gasteiger partial charge in [0.15, 0.2) is 6.10 Å². The summed E-state index contributed by atoms with van der Waals surface area (Å²) in [6.45, 7) is 1.62. The summed E-state index contributed by atoms with van der Waals surface area (Å²) < 4.78 is 4.72. The van der Waals surface area contributed by atoms with Gasteiger partial charge in [0.1, 0.15) is 0 Å². The van der Waals surface area contributed by atoms with Crippen molar-refractivity contribution in [3.05, 3.63) is 0 Å². The molecule has 0 aromatic rings. The summed E-state index contributed by atoms with van der Waals surface area (Å²) in [4.78, 5) is 22.3. The third kappa shape index (κ3) is 3.79. The molecule has 1 fully saturated rings. The quantitative estimate of drug-likeness (QED) is 0.575. The number of hydrogen-bond donors (Lipinski definition) is 3. The number of amides is 1. The second-order valence-corrected chi connectivity index (χ2v) is 3.85. The molecule has 3 N–H and O–H groups in total. The highest BCUT2D eigenvalue weighted by Crippen LogP contribution is 2.09. The van der Waals surface area contributed by atoms with Gasteiger partial charge in [-0.2, -0.15) is 0 Å². The van der Waals surface area contributed by atoms with Gasteiger partial charge >= 0.3 is 5.97 Å². The van der Waals surface area contributed by atoms with Crippen LogP contribution in [-0.2, 0) is 14.3 Å². The Bertz CT molecular complexity index is 251. The summed E-state index contributed by atoms with van der Waals surface area (Å²) in [6, 6.07) is 0. The van der Waals surface area contributed by atoms with Gasteiger partial charge in [-0.05, 0) is 19.4 Å². The molecule has 1 rings (SSSR count). The minimum absolute atomic E-state index is 0.0150. The number of aliphatic carboxylic acids is 1. The number of piperidine rings is 1. The Morgan fingerprint density at radius 1 is 1.62 bits per heavy atom. The number of carboxylic acids is 1. The molecule has 0 saturated carbocycles. The topological polar surface area (TPSA) is 87.7 Å². The lowest BCUT2D eigenvalue weighted by molar-refractivity contribution is -0.148. The van der Waals surface area contributed by atoms with Crippen molar-refractivity contribution in [3.63, 3.8) is 0 Å². The van der Waals surface area contributed by atoms with E-state index in [4.69, 9.17) is 9.84 Å². The molecule has 92 valence electrons. The van der Waals surface area contributed by atoms with Gasteiger partial charge in [-0.3, -0.25) is 4.79 Å². The summed E-state index contributed by atoms with van der Waals surface area (Å²) in [6.07, 6.45) is 0.856. The van der Waals surface area contributed by atoms with Crippen LogP contribution in [0.25, 0.3) is 0 Å². The average Bonchev–Trinajstić information content (AvgIpc) is 2.30. The zero-order valence-electron chi connectivity index (χ0n) is 9.36. The molecule has 0 radical (unpaired) electrons. The maximum atomic E-state index is 11.6. The number of ether oxygens (including phenoxy) is 1. The lowest BCUT2D eigenvalue weighted by Crippen LogP contribution is -2.44. The molecule has 0 aromatic carbocycles. The molecule has 1 aliphatic heterocycles. The van der Waals surface area contributed by atoms with E-state index < -0.39 is 12.1 Å². The summed E-state index contributed by atoms with van der Waals surface area (Å²) in [5, 5.41) is 14.4. The Morgan fingerprint density at radius 3 is 2.88 bits per heavy atom. The van der Waals surface area contributed by atoms with E-state index in [9.17, 15) is 9.59 Å². The highest BCUT2D eigenvalue weighted by molar-refractivity contribution is 5.80. The Morgan fingerprint density at radius 2 is 2.38 bits per heavy atom. The summed E-state index contributed by atoms with van der Waals surface area (Å²) >= 11 is 0. The van der Waals surface area contributed by atoms with E-state index in [1.807, 2.05) is 0 Å². The molecule has 1 aliphatic rings. The average molecular weight is 230 g/mol. The predicted molar refractivity (Wildman–Crippen MR) is 57.0 cm³/mol. The first-order valence-corrected chi connectivity index (χ1v) is 5.39. The minimum Gasteiger partial charge on any atom is -0.479 e. The van der Waals surface area contributed by atoms with Crippen molar-refractivity contribution >= 4 is 11.9 Å². The van der Waals surface area contributed by atoms with Crippen LogP contribution in [0.5, 0.6) is 0 Å². The zero-order valence-corrected chi connectivity index (χ0v) is 9.36. The van der Waals surface area contributed by atoms with Crippen LogP contribution >= 0.6 is 0 Å². The molecule has 1 unspecified atom stereocenters. The maximum Gasteiger partial charge on any atom is 0.334 e. The summed E-state index contributed by atoms with van der Waals surface area (Å²) in [5.74, 6) is -1.22. The Labute approximate surface area is 94.3 Å². The number of methoxy groups -OCH3 is 1. The number of hydrogen-bond acceptors (Lipinski definition) is 4. The van der Waals surface area contributed by atoms with Crippen molar-refractivity contribution in [1.29, 1.82) is 0 Å². The lowest BCUT2D eigenvalue weighted by Gasteiger charge is -2.22. The Balaban J connectivity index is 2.30. The van der Waals surface area contributed by atoms with Crippen LogP contribution in [-0.4, -0.2) is 49.8 Å². The van der Waals surface area contributed by atoms with Gasteiger partial charge in [-0.25, -0.2) is 4.79 Å². The molecule has 16 heavy (non-hydrogen) atoms. The van der Waals surface area contributed by atoms with Crippen LogP contribution in [0.15, 0.2) is 0 Å². The van der Waals surface area contributed by atoms with E-state index in [1.54, 1.807) is 0 Å². The van der Waals surface area contributed by atoms with Crippen LogP contribution in [0.1, 0.15) is 12.8 Å². The van der Waals surface area contributed by atoms with Crippen molar-refractivity contribution in [2.75, 3.05) is 26.7 Å². The minimum atomic E-state index is -1.07. The van der Waals surface area contributed by atoms with Gasteiger partial charge < -0.3 is 20.5 Å². The van der Waals surface area contributed by atoms with Crippen molar-refractivity contribution in [2.45, 2.75) is 18.9 Å². The number of carbonyl (C=O) groups excluding carboxylic acids is 1. The van der Waals surface area contributed by atoms with Gasteiger partial charge in [-0.1, -0.05) is 0 Å². The van der Waals surface area contributed by atoms with Crippen LogP contribution in [0.4, 0.5) is 0 Å². The van der Waals surface area contributed by atoms with Gasteiger partial charge in [0.2, 0.25) is 5.91 Å². The van der Waals surface area contributed by atoms with Gasteiger partial charge in [0.25, 0.3) is 0 Å². The normalized spacial score (nSPS) is 22.4. The third-order valence-corrected chi connectivity index (χ3v) is 2.69. The molecule has 0 aromatic heterocycles. The molecule has 6 heteroatoms. The number of carboxylic acid groups (broad SMARTS) is 1. The molecule has 2 atom stereocenters. The first-order chi connectivity index (χ1) is 7.65. The predicted octanol–water partition coefficient (Wildman–Crippen LogP) is -0.798. The first kappa shape index (κ1) is 12.9. The summed E-state index contributed by atoms with van der Waals surface area (Å²) in [7, 11) is 1.31. The van der Waals surface area contributed by atoms with E-state index in [2.05, 4.69) is 10.6 Å². The van der Waals surface area contributed by atoms with E-state index in [1.165, 1.54) is 7.11 Å². The van der Waals surface area contributed by atoms with Gasteiger partial charge in [-0.15, -0.1) is 0 Å².